The fraction of sp³-hybridized carbons (Fsp3) is 0.172. The number of primary amides is 1. The molecule has 0 fully saturated rings. The van der Waals surface area contributed by atoms with E-state index in [1.807, 2.05) is 53.1 Å². The third kappa shape index (κ3) is 5.04. The summed E-state index contributed by atoms with van der Waals surface area (Å²) in [6.07, 6.45) is 2.55. The predicted octanol–water partition coefficient (Wildman–Crippen LogP) is 5.19. The van der Waals surface area contributed by atoms with Crippen molar-refractivity contribution in [2.75, 3.05) is 0 Å². The second kappa shape index (κ2) is 10.7. The summed E-state index contributed by atoms with van der Waals surface area (Å²) in [5, 5.41) is 3.82. The zero-order chi connectivity index (χ0) is 26.6. The summed E-state index contributed by atoms with van der Waals surface area (Å²) in [5.41, 5.74) is 10.7. The van der Waals surface area contributed by atoms with E-state index in [-0.39, 0.29) is 5.82 Å². The number of halogens is 1. The molecule has 9 heteroatoms. The minimum Gasteiger partial charge on any atom is -0.364 e. The topological polar surface area (TPSA) is 120 Å². The number of rotatable bonds is 9. The van der Waals surface area contributed by atoms with Gasteiger partial charge in [-0.2, -0.15) is 0 Å². The highest BCUT2D eigenvalue weighted by atomic mass is 19.1. The Kier molecular flexibility index (Phi) is 6.99. The van der Waals surface area contributed by atoms with Crippen molar-refractivity contribution in [2.45, 2.75) is 32.7 Å². The highest BCUT2D eigenvalue weighted by Gasteiger charge is 2.22. The average molecular weight is 512 g/mol. The molecule has 0 aliphatic rings. The van der Waals surface area contributed by atoms with Crippen LogP contribution in [0.25, 0.3) is 33.8 Å². The van der Waals surface area contributed by atoms with Crippen LogP contribution in [0.3, 0.4) is 0 Å². The van der Waals surface area contributed by atoms with E-state index >= 15 is 0 Å². The fourth-order valence-electron chi connectivity index (χ4n) is 4.51. The molecule has 0 radical (unpaired) electrons. The van der Waals surface area contributed by atoms with Crippen molar-refractivity contribution in [3.05, 3.63) is 106 Å². The van der Waals surface area contributed by atoms with Crippen LogP contribution >= 0.6 is 0 Å². The molecule has 0 aliphatic carbocycles. The third-order valence-corrected chi connectivity index (χ3v) is 6.38. The van der Waals surface area contributed by atoms with Gasteiger partial charge in [0.15, 0.2) is 5.82 Å². The van der Waals surface area contributed by atoms with E-state index in [0.717, 1.165) is 40.9 Å². The predicted molar refractivity (Wildman–Crippen MR) is 142 cm³/mol. The van der Waals surface area contributed by atoms with E-state index in [9.17, 15) is 14.0 Å². The lowest BCUT2D eigenvalue weighted by molar-refractivity contribution is 0.0992. The Morgan fingerprint density at radius 3 is 2.32 bits per heavy atom. The van der Waals surface area contributed by atoms with Gasteiger partial charge in [-0.3, -0.25) is 14.3 Å². The maximum atomic E-state index is 13.5. The minimum absolute atomic E-state index is 0.298. The van der Waals surface area contributed by atoms with E-state index in [0.29, 0.717) is 35.7 Å². The third-order valence-electron chi connectivity index (χ3n) is 6.38. The van der Waals surface area contributed by atoms with Gasteiger partial charge >= 0.3 is 5.76 Å². The Labute approximate surface area is 218 Å². The molecule has 0 bridgehead atoms. The van der Waals surface area contributed by atoms with Gasteiger partial charge in [0, 0.05) is 24.1 Å². The maximum absolute atomic E-state index is 13.5. The van der Waals surface area contributed by atoms with Crippen LogP contribution in [0, 0.1) is 5.82 Å². The van der Waals surface area contributed by atoms with Gasteiger partial charge < -0.3 is 10.3 Å². The number of carbonyl (C=O) groups is 1. The lowest BCUT2D eigenvalue weighted by atomic mass is 9.98. The number of carbonyl (C=O) groups excluding carboxylic acids is 1. The monoisotopic (exact) mass is 511 g/mol. The van der Waals surface area contributed by atoms with Crippen LogP contribution in [0.5, 0.6) is 0 Å². The number of amides is 1. The Balaban J connectivity index is 1.51. The molecule has 192 valence electrons. The Hall–Kier alpha value is -4.79. The second-order valence-corrected chi connectivity index (χ2v) is 8.97. The number of nitrogens with two attached hydrogens (primary N) is 1. The largest absolute Gasteiger partial charge is 0.439 e. The van der Waals surface area contributed by atoms with E-state index in [1.165, 1.54) is 12.1 Å². The first-order valence-electron chi connectivity index (χ1n) is 12.3. The summed E-state index contributed by atoms with van der Waals surface area (Å²) >= 11 is 0. The van der Waals surface area contributed by atoms with Crippen LogP contribution in [-0.2, 0) is 13.0 Å². The van der Waals surface area contributed by atoms with Gasteiger partial charge in [0.2, 0.25) is 0 Å². The molecule has 38 heavy (non-hydrogen) atoms. The van der Waals surface area contributed by atoms with Crippen molar-refractivity contribution in [2.24, 2.45) is 5.73 Å². The molecular formula is C29H26FN5O3. The quantitative estimate of drug-likeness (QED) is 0.282. The molecule has 0 saturated heterocycles. The summed E-state index contributed by atoms with van der Waals surface area (Å²) in [5.74, 6) is -0.463. The van der Waals surface area contributed by atoms with E-state index in [4.69, 9.17) is 10.7 Å². The number of aromatic amines is 1. The molecule has 0 spiro atoms. The zero-order valence-corrected chi connectivity index (χ0v) is 20.8. The first-order valence-corrected chi connectivity index (χ1v) is 12.3. The summed E-state index contributed by atoms with van der Waals surface area (Å²) in [6, 6.07) is 21.4. The Morgan fingerprint density at radius 2 is 1.68 bits per heavy atom. The van der Waals surface area contributed by atoms with Gasteiger partial charge in [0.05, 0.1) is 0 Å². The van der Waals surface area contributed by atoms with Crippen molar-refractivity contribution >= 4 is 5.91 Å². The van der Waals surface area contributed by atoms with Gasteiger partial charge in [-0.05, 0) is 47.4 Å². The molecule has 0 aliphatic heterocycles. The normalized spacial score (nSPS) is 11.1. The van der Waals surface area contributed by atoms with Crippen LogP contribution in [-0.4, -0.2) is 25.6 Å². The number of imidazole rings is 1. The van der Waals surface area contributed by atoms with Gasteiger partial charge in [-0.25, -0.2) is 14.2 Å². The van der Waals surface area contributed by atoms with Crippen LogP contribution < -0.4 is 11.5 Å². The van der Waals surface area contributed by atoms with Gasteiger partial charge in [0.1, 0.15) is 23.0 Å². The van der Waals surface area contributed by atoms with Crippen LogP contribution in [0.15, 0.2) is 82.1 Å². The average Bonchev–Trinajstić information content (AvgIpc) is 3.52. The molecular weight excluding hydrogens is 485 g/mol. The number of benzene rings is 3. The number of hydrogen-bond acceptors (Lipinski definition) is 5. The minimum atomic E-state index is -0.616. The number of aromatic nitrogens is 4. The van der Waals surface area contributed by atoms with E-state index in [2.05, 4.69) is 21.6 Å². The maximum Gasteiger partial charge on any atom is 0.439 e. The molecule has 2 heterocycles. The molecule has 5 rings (SSSR count). The van der Waals surface area contributed by atoms with Gasteiger partial charge in [-0.1, -0.05) is 67.0 Å². The number of nitrogens with one attached hydrogen (secondary N) is 1. The Morgan fingerprint density at radius 1 is 1.00 bits per heavy atom. The molecule has 0 atom stereocenters. The summed E-state index contributed by atoms with van der Waals surface area (Å²) < 4.78 is 20.1. The number of unbranched alkanes of at least 4 members (excludes halogenated alkanes) is 1. The molecule has 8 nitrogen and oxygen atoms in total. The molecule has 0 unspecified atom stereocenters. The fourth-order valence-corrected chi connectivity index (χ4v) is 4.51. The van der Waals surface area contributed by atoms with Crippen molar-refractivity contribution in [3.63, 3.8) is 0 Å². The highest BCUT2D eigenvalue weighted by molar-refractivity contribution is 5.97. The lowest BCUT2D eigenvalue weighted by Crippen LogP contribution is -2.19. The Bertz CT molecular complexity index is 1630. The summed E-state index contributed by atoms with van der Waals surface area (Å²) in [4.78, 5) is 31.5. The lowest BCUT2D eigenvalue weighted by Gasteiger charge is -2.12. The van der Waals surface area contributed by atoms with E-state index in [1.54, 1.807) is 12.1 Å². The van der Waals surface area contributed by atoms with Gasteiger partial charge in [0.25, 0.3) is 5.91 Å². The molecule has 3 N–H and O–H groups in total. The standard InChI is InChI=1S/C29H26FN5O3/c1-2-3-8-24-32-25(20-13-15-21(30)16-14-20)26(27(31)36)35(24)17-18-9-11-19(12-10-18)22-6-4-5-7-23(22)28-33-29(37)38-34-28/h4-7,9-16H,2-3,8,17H2,1H3,(H2,31,36)(H,33,34,37). The second-order valence-electron chi connectivity index (χ2n) is 8.97. The molecule has 3 aromatic carbocycles. The van der Waals surface area contributed by atoms with E-state index < -0.39 is 11.7 Å². The van der Waals surface area contributed by atoms with Crippen LogP contribution in [0.2, 0.25) is 0 Å². The SMILES string of the molecule is CCCCc1nc(-c2ccc(F)cc2)c(C(N)=O)n1Cc1ccc(-c2ccccc2-c2noc(=O)[nH]2)cc1. The first kappa shape index (κ1) is 24.9. The molecule has 2 aromatic heterocycles. The molecule has 5 aromatic rings. The highest BCUT2D eigenvalue weighted by Crippen LogP contribution is 2.31. The first-order chi connectivity index (χ1) is 18.4. The number of H-pyrrole nitrogens is 1. The van der Waals surface area contributed by atoms with Crippen molar-refractivity contribution < 1.29 is 13.7 Å². The van der Waals surface area contributed by atoms with Crippen LogP contribution in [0.4, 0.5) is 4.39 Å². The smallest absolute Gasteiger partial charge is 0.364 e. The van der Waals surface area contributed by atoms with Crippen molar-refractivity contribution in [1.29, 1.82) is 0 Å². The number of nitrogens with zero attached hydrogens (tertiary/aromatic N) is 3. The number of hydrogen-bond donors (Lipinski definition) is 2. The molecule has 0 saturated carbocycles. The molecule has 1 amide bonds. The zero-order valence-electron chi connectivity index (χ0n) is 20.8. The summed E-state index contributed by atoms with van der Waals surface area (Å²) in [7, 11) is 0. The van der Waals surface area contributed by atoms with Crippen molar-refractivity contribution in [3.8, 4) is 33.8 Å². The van der Waals surface area contributed by atoms with Crippen molar-refractivity contribution in [1.82, 2.24) is 19.7 Å². The summed E-state index contributed by atoms with van der Waals surface area (Å²) in [6.45, 7) is 2.48. The number of aryl methyl sites for hydroxylation is 1. The van der Waals surface area contributed by atoms with Gasteiger partial charge in [-0.15, -0.1) is 0 Å². The van der Waals surface area contributed by atoms with Crippen LogP contribution in [0.1, 0.15) is 41.6 Å².